The first-order valence-electron chi connectivity index (χ1n) is 7.20. The molecule has 0 saturated heterocycles. The molecule has 9 heteroatoms. The molecule has 1 aromatic heterocycles. The molecule has 0 fully saturated rings. The van der Waals surface area contributed by atoms with Gasteiger partial charge in [-0.25, -0.2) is 9.59 Å². The fourth-order valence-corrected chi connectivity index (χ4v) is 2.42. The summed E-state index contributed by atoms with van der Waals surface area (Å²) in [6.45, 7) is 1.46. The highest BCUT2D eigenvalue weighted by atomic mass is 35.5. The smallest absolute Gasteiger partial charge is 0.340 e. The number of carboxylic acids is 1. The van der Waals surface area contributed by atoms with Gasteiger partial charge in [0.05, 0.1) is 30.2 Å². The number of carboxylic acid groups (broad SMARTS) is 1. The molecule has 0 radical (unpaired) electrons. The summed E-state index contributed by atoms with van der Waals surface area (Å²) in [5.41, 5.74) is -0.147. The molecule has 1 N–H and O–H groups in total. The predicted molar refractivity (Wildman–Crippen MR) is 91.7 cm³/mol. The number of hydrogen-bond donors (Lipinski definition) is 1. The summed E-state index contributed by atoms with van der Waals surface area (Å²) in [4.78, 5) is 36.9. The van der Waals surface area contributed by atoms with Gasteiger partial charge in [-0.3, -0.25) is 4.79 Å². The maximum atomic E-state index is 12.6. The molecule has 0 aliphatic rings. The topological polar surface area (TPSA) is 102 Å². The Hall–Kier alpha value is -2.87. The normalized spacial score (nSPS) is 11.7. The maximum Gasteiger partial charge on any atom is 0.340 e. The minimum absolute atomic E-state index is 0.149. The number of halogens is 1. The van der Waals surface area contributed by atoms with Gasteiger partial charge in [-0.1, -0.05) is 23.7 Å². The molecule has 2 rings (SSSR count). The van der Waals surface area contributed by atoms with Crippen LogP contribution in [0.5, 0.6) is 0 Å². The van der Waals surface area contributed by atoms with Crippen molar-refractivity contribution in [1.29, 1.82) is 0 Å². The van der Waals surface area contributed by atoms with Gasteiger partial charge < -0.3 is 14.7 Å². The molecule has 0 aliphatic heterocycles. The summed E-state index contributed by atoms with van der Waals surface area (Å²) >= 11 is 6.13. The van der Waals surface area contributed by atoms with Gasteiger partial charge in [0.25, 0.3) is 5.56 Å². The van der Waals surface area contributed by atoms with Crippen molar-refractivity contribution in [2.24, 2.45) is 0 Å². The van der Waals surface area contributed by atoms with Gasteiger partial charge in [0.1, 0.15) is 11.1 Å². The van der Waals surface area contributed by atoms with Crippen molar-refractivity contribution in [3.8, 4) is 5.69 Å². The van der Waals surface area contributed by atoms with Crippen LogP contribution in [0.25, 0.3) is 5.69 Å². The number of likely N-dealkylation sites (N-methyl/N-ethyl adjacent to an activating group) is 1. The van der Waals surface area contributed by atoms with Crippen LogP contribution in [0, 0.1) is 0 Å². The first-order chi connectivity index (χ1) is 11.8. The van der Waals surface area contributed by atoms with E-state index in [-0.39, 0.29) is 22.0 Å². The van der Waals surface area contributed by atoms with E-state index in [0.717, 1.165) is 4.68 Å². The Labute approximate surface area is 148 Å². The van der Waals surface area contributed by atoms with Crippen LogP contribution in [0.15, 0.2) is 35.3 Å². The van der Waals surface area contributed by atoms with E-state index >= 15 is 0 Å². The van der Waals surface area contributed by atoms with Crippen molar-refractivity contribution in [3.05, 3.63) is 51.4 Å². The van der Waals surface area contributed by atoms with Crippen molar-refractivity contribution in [2.45, 2.75) is 13.0 Å². The molecule has 2 aromatic rings. The Morgan fingerprint density at radius 3 is 2.60 bits per heavy atom. The fraction of sp³-hybridized carbons (Fsp3) is 0.250. The zero-order valence-corrected chi connectivity index (χ0v) is 14.5. The monoisotopic (exact) mass is 365 g/mol. The number of esters is 1. The Kier molecular flexibility index (Phi) is 5.43. The summed E-state index contributed by atoms with van der Waals surface area (Å²) in [6, 6.07) is 5.38. The highest BCUT2D eigenvalue weighted by Crippen LogP contribution is 2.23. The summed E-state index contributed by atoms with van der Waals surface area (Å²) in [5, 5.41) is 12.9. The maximum absolute atomic E-state index is 12.6. The van der Waals surface area contributed by atoms with Crippen LogP contribution in [-0.2, 0) is 9.53 Å². The standard InChI is InChI=1S/C16H16ClN3O5/c1-9(15(22)23)19(2)12-8-18-20(14(21)13(12)17)11-7-5-4-6-10(11)16(24)25-3/h4-9H,1-3H3,(H,22,23). The van der Waals surface area contributed by atoms with E-state index in [4.69, 9.17) is 21.4 Å². The molecule has 8 nitrogen and oxygen atoms in total. The number of hydrogen-bond acceptors (Lipinski definition) is 6. The van der Waals surface area contributed by atoms with Crippen LogP contribution in [0.2, 0.25) is 5.02 Å². The van der Waals surface area contributed by atoms with Crippen LogP contribution in [0.1, 0.15) is 17.3 Å². The molecule has 0 saturated carbocycles. The lowest BCUT2D eigenvalue weighted by Crippen LogP contribution is -2.37. The quantitative estimate of drug-likeness (QED) is 0.802. The van der Waals surface area contributed by atoms with Crippen LogP contribution in [-0.4, -0.2) is 47.0 Å². The molecule has 1 atom stereocenters. The highest BCUT2D eigenvalue weighted by Gasteiger charge is 2.23. The van der Waals surface area contributed by atoms with Gasteiger partial charge in [-0.2, -0.15) is 9.78 Å². The predicted octanol–water partition coefficient (Wildman–Crippen LogP) is 1.58. The minimum Gasteiger partial charge on any atom is -0.480 e. The molecule has 0 aliphatic carbocycles. The second-order valence-corrected chi connectivity index (χ2v) is 5.57. The van der Waals surface area contributed by atoms with Crippen LogP contribution in [0.4, 0.5) is 5.69 Å². The molecular weight excluding hydrogens is 350 g/mol. The molecule has 0 amide bonds. The number of rotatable bonds is 5. The third kappa shape index (κ3) is 3.48. The van der Waals surface area contributed by atoms with Gasteiger partial charge in [-0.15, -0.1) is 0 Å². The minimum atomic E-state index is -1.07. The van der Waals surface area contributed by atoms with Crippen molar-refractivity contribution < 1.29 is 19.4 Å². The zero-order chi connectivity index (χ0) is 18.7. The largest absolute Gasteiger partial charge is 0.480 e. The number of ether oxygens (including phenoxy) is 1. The van der Waals surface area contributed by atoms with Crippen LogP contribution >= 0.6 is 11.6 Å². The third-order valence-electron chi connectivity index (χ3n) is 3.76. The number of aliphatic carboxylic acids is 1. The van der Waals surface area contributed by atoms with Crippen molar-refractivity contribution in [1.82, 2.24) is 9.78 Å². The second kappa shape index (κ2) is 7.35. The molecule has 1 unspecified atom stereocenters. The average Bonchev–Trinajstić information content (AvgIpc) is 2.62. The van der Waals surface area contributed by atoms with Gasteiger partial charge in [0, 0.05) is 7.05 Å². The Balaban J connectivity index is 2.58. The number of carbonyl (C=O) groups is 2. The summed E-state index contributed by atoms with van der Waals surface area (Å²) in [5.74, 6) is -1.69. The van der Waals surface area contributed by atoms with Crippen molar-refractivity contribution >= 4 is 29.2 Å². The molecule has 132 valence electrons. The number of para-hydroxylation sites is 1. The SMILES string of the molecule is COC(=O)c1ccccc1-n1ncc(N(C)C(C)C(=O)O)c(Cl)c1=O. The number of anilines is 1. The molecular formula is C16H16ClN3O5. The molecule has 0 spiro atoms. The average molecular weight is 366 g/mol. The fourth-order valence-electron chi connectivity index (χ4n) is 2.16. The number of benzene rings is 1. The molecule has 1 aromatic carbocycles. The van der Waals surface area contributed by atoms with E-state index in [1.807, 2.05) is 0 Å². The second-order valence-electron chi connectivity index (χ2n) is 5.19. The molecule has 25 heavy (non-hydrogen) atoms. The summed E-state index contributed by atoms with van der Waals surface area (Å²) in [7, 11) is 2.72. The van der Waals surface area contributed by atoms with E-state index in [0.29, 0.717) is 0 Å². The van der Waals surface area contributed by atoms with Gasteiger partial charge >= 0.3 is 11.9 Å². The van der Waals surface area contributed by atoms with Crippen LogP contribution in [0.3, 0.4) is 0 Å². The lowest BCUT2D eigenvalue weighted by atomic mass is 10.2. The first-order valence-corrected chi connectivity index (χ1v) is 7.58. The number of carbonyl (C=O) groups excluding carboxylic acids is 1. The lowest BCUT2D eigenvalue weighted by molar-refractivity contribution is -0.138. The Morgan fingerprint density at radius 1 is 1.36 bits per heavy atom. The Morgan fingerprint density at radius 2 is 2.00 bits per heavy atom. The van der Waals surface area contributed by atoms with Gasteiger partial charge in [0.2, 0.25) is 0 Å². The van der Waals surface area contributed by atoms with E-state index < -0.39 is 23.5 Å². The molecule has 1 heterocycles. The molecule has 0 bridgehead atoms. The number of nitrogens with zero attached hydrogens (tertiary/aromatic N) is 3. The van der Waals surface area contributed by atoms with E-state index in [2.05, 4.69) is 5.10 Å². The number of aromatic nitrogens is 2. The summed E-state index contributed by atoms with van der Waals surface area (Å²) < 4.78 is 5.67. The lowest BCUT2D eigenvalue weighted by Gasteiger charge is -2.24. The zero-order valence-electron chi connectivity index (χ0n) is 13.8. The van der Waals surface area contributed by atoms with E-state index in [1.54, 1.807) is 12.1 Å². The van der Waals surface area contributed by atoms with Crippen molar-refractivity contribution in [3.63, 3.8) is 0 Å². The summed E-state index contributed by atoms with van der Waals surface area (Å²) in [6.07, 6.45) is 1.28. The third-order valence-corrected chi connectivity index (χ3v) is 4.11. The van der Waals surface area contributed by atoms with Gasteiger partial charge in [0.15, 0.2) is 0 Å². The first kappa shape index (κ1) is 18.5. The van der Waals surface area contributed by atoms with Gasteiger partial charge in [-0.05, 0) is 19.1 Å². The van der Waals surface area contributed by atoms with Crippen molar-refractivity contribution in [2.75, 3.05) is 19.1 Å². The highest BCUT2D eigenvalue weighted by molar-refractivity contribution is 6.33. The van der Waals surface area contributed by atoms with E-state index in [1.165, 1.54) is 44.3 Å². The number of methoxy groups -OCH3 is 1. The van der Waals surface area contributed by atoms with Crippen LogP contribution < -0.4 is 10.5 Å². The Bertz CT molecular complexity index is 880. The van der Waals surface area contributed by atoms with E-state index in [9.17, 15) is 14.4 Å².